The maximum atomic E-state index is 14.9. The summed E-state index contributed by atoms with van der Waals surface area (Å²) in [6.45, 7) is 5.65. The lowest BCUT2D eigenvalue weighted by atomic mass is 9.92. The monoisotopic (exact) mass is 756 g/mol. The summed E-state index contributed by atoms with van der Waals surface area (Å²) in [7, 11) is 2.29. The molecule has 13 nitrogen and oxygen atoms in total. The van der Waals surface area contributed by atoms with Gasteiger partial charge in [-0.25, -0.2) is 14.4 Å². The number of aryl methyl sites for hydroxylation is 1. The minimum absolute atomic E-state index is 0.00913. The van der Waals surface area contributed by atoms with E-state index in [0.29, 0.717) is 35.7 Å². The molecule has 2 saturated heterocycles. The van der Waals surface area contributed by atoms with Crippen LogP contribution in [0.15, 0.2) is 48.9 Å². The number of fused-ring (bicyclic) bond motifs is 1. The number of benzene rings is 2. The fourth-order valence-corrected chi connectivity index (χ4v) is 6.93. The van der Waals surface area contributed by atoms with E-state index >= 15 is 0 Å². The van der Waals surface area contributed by atoms with Crippen molar-refractivity contribution in [1.82, 2.24) is 30.3 Å². The maximum Gasteiger partial charge on any atom is 0.387 e. The number of rotatable bonds is 13. The van der Waals surface area contributed by atoms with Crippen molar-refractivity contribution in [3.05, 3.63) is 71.7 Å². The molecule has 6 rings (SSSR count). The predicted octanol–water partition coefficient (Wildman–Crippen LogP) is 3.26. The van der Waals surface area contributed by atoms with Crippen molar-refractivity contribution in [1.29, 1.82) is 0 Å². The van der Waals surface area contributed by atoms with Crippen molar-refractivity contribution in [2.24, 2.45) is 11.8 Å². The van der Waals surface area contributed by atoms with Gasteiger partial charge in [-0.1, -0.05) is 6.92 Å². The third-order valence-electron chi connectivity index (χ3n) is 9.89. The molecular weight excluding hydrogens is 712 g/mol. The number of quaternary nitrogens is 1. The van der Waals surface area contributed by atoms with E-state index in [-0.39, 0.29) is 35.0 Å². The molecule has 2 aliphatic heterocycles. The van der Waals surface area contributed by atoms with Gasteiger partial charge in [-0.3, -0.25) is 14.0 Å². The van der Waals surface area contributed by atoms with Gasteiger partial charge in [-0.2, -0.15) is 13.2 Å². The Kier molecular flexibility index (Phi) is 13.1. The molecule has 0 aliphatic carbocycles. The Morgan fingerprint density at radius 3 is 2.50 bits per heavy atom. The second kappa shape index (κ2) is 17.7. The number of piperidine rings is 1. The number of likely N-dealkylation sites (tertiary alicyclic amines) is 1. The largest absolute Gasteiger partial charge is 0.554 e. The quantitative estimate of drug-likeness (QED) is 0.0912. The summed E-state index contributed by atoms with van der Waals surface area (Å²) >= 11 is 0. The summed E-state index contributed by atoms with van der Waals surface area (Å²) in [4.78, 5) is 43.2. The lowest BCUT2D eigenvalue weighted by Gasteiger charge is -2.44. The molecule has 0 saturated carbocycles. The molecule has 2 aromatic carbocycles. The topological polar surface area (TPSA) is 162 Å². The highest BCUT2D eigenvalue weighted by Crippen LogP contribution is 2.32. The van der Waals surface area contributed by atoms with Crippen LogP contribution in [0.3, 0.4) is 0 Å². The fourth-order valence-electron chi connectivity index (χ4n) is 6.93. The minimum Gasteiger partial charge on any atom is -0.554 e. The molecule has 0 bridgehead atoms. The van der Waals surface area contributed by atoms with Gasteiger partial charge in [0.05, 0.1) is 38.6 Å². The number of carbonyl (C=O) groups excluding carboxylic acids is 3. The molecule has 4 heterocycles. The molecule has 2 aliphatic rings. The van der Waals surface area contributed by atoms with Gasteiger partial charge in [0, 0.05) is 86.0 Å². The number of nitrogens with one attached hydrogen (secondary N) is 4. The van der Waals surface area contributed by atoms with Crippen molar-refractivity contribution >= 4 is 35.4 Å². The van der Waals surface area contributed by atoms with E-state index in [4.69, 9.17) is 9.90 Å². The number of aromatic nitrogens is 3. The van der Waals surface area contributed by atoms with Gasteiger partial charge in [0.15, 0.2) is 23.0 Å². The lowest BCUT2D eigenvalue weighted by Crippen LogP contribution is -2.58. The van der Waals surface area contributed by atoms with Gasteiger partial charge >= 0.3 is 6.61 Å². The zero-order valence-corrected chi connectivity index (χ0v) is 30.2. The van der Waals surface area contributed by atoms with E-state index in [1.54, 1.807) is 12.1 Å². The Hall–Kier alpha value is -5.29. The summed E-state index contributed by atoms with van der Waals surface area (Å²) in [5.41, 5.74) is 2.15. The third-order valence-corrected chi connectivity index (χ3v) is 9.89. The standard InChI is InChI=1S/C36H42F4N8O3.CH2O2/c1-4-23-15-25(46-32-33-43-19-28(47(33)12-11-42-32)27-7-8-29(51-36(39)40)31(38)30(27)37)5-6-26(23)35(50)45-21(2)16-44-34(49)24-9-13-48(3,14-10-24)20-22-17-41-18-22;2-1-3/h5-8,11-12,15,19,21-22,24,36,41H,4,9-10,13-14,16-18,20H2,1-3H3,(H2-,42,44,45,46,49,50);1H,(H,2,3)/t21-,24?,48?;/m0./s1. The van der Waals surface area contributed by atoms with Gasteiger partial charge in [0.2, 0.25) is 11.7 Å². The van der Waals surface area contributed by atoms with Crippen LogP contribution in [0.5, 0.6) is 5.75 Å². The molecular formula is C37H44F4N8O5. The van der Waals surface area contributed by atoms with Crippen LogP contribution in [0.4, 0.5) is 29.1 Å². The number of imidazole rings is 1. The van der Waals surface area contributed by atoms with Crippen molar-refractivity contribution < 1.29 is 46.3 Å². The summed E-state index contributed by atoms with van der Waals surface area (Å²) < 4.78 is 61.1. The second-order valence-corrected chi connectivity index (χ2v) is 13.8. The van der Waals surface area contributed by atoms with E-state index < -0.39 is 30.5 Å². The van der Waals surface area contributed by atoms with Crippen molar-refractivity contribution in [2.75, 3.05) is 51.6 Å². The number of halogens is 4. The van der Waals surface area contributed by atoms with Crippen LogP contribution in [0.25, 0.3) is 16.9 Å². The molecule has 17 heteroatoms. The molecule has 2 fully saturated rings. The molecule has 4 N–H and O–H groups in total. The number of carbonyl (C=O) groups is 3. The number of carboxylic acid groups (broad SMARTS) is 1. The molecule has 4 aromatic rings. The normalized spacial score (nSPS) is 18.9. The van der Waals surface area contributed by atoms with Crippen molar-refractivity contribution in [2.45, 2.75) is 45.8 Å². The fraction of sp³-hybridized carbons (Fsp3) is 0.432. The maximum absolute atomic E-state index is 14.9. The van der Waals surface area contributed by atoms with E-state index in [2.05, 4.69) is 43.0 Å². The summed E-state index contributed by atoms with van der Waals surface area (Å²) in [5.74, 6) is -2.98. The van der Waals surface area contributed by atoms with E-state index in [1.165, 1.54) is 23.0 Å². The highest BCUT2D eigenvalue weighted by atomic mass is 19.3. The van der Waals surface area contributed by atoms with Gasteiger partial charge in [-0.15, -0.1) is 0 Å². The first-order valence-corrected chi connectivity index (χ1v) is 17.7. The predicted molar refractivity (Wildman–Crippen MR) is 190 cm³/mol. The van der Waals surface area contributed by atoms with E-state index in [1.807, 2.05) is 19.9 Å². The minimum atomic E-state index is -3.30. The first kappa shape index (κ1) is 39.9. The van der Waals surface area contributed by atoms with Crippen molar-refractivity contribution in [3.8, 4) is 17.0 Å². The number of nitrogens with zero attached hydrogens (tertiary/aromatic N) is 4. The molecule has 0 unspecified atom stereocenters. The van der Waals surface area contributed by atoms with Crippen LogP contribution in [0.1, 0.15) is 42.6 Å². The van der Waals surface area contributed by atoms with Crippen LogP contribution >= 0.6 is 0 Å². The van der Waals surface area contributed by atoms with E-state index in [0.717, 1.165) is 73.7 Å². The zero-order chi connectivity index (χ0) is 39.0. The molecule has 2 amide bonds. The Labute approximate surface area is 309 Å². The van der Waals surface area contributed by atoms with Gasteiger partial charge in [0.1, 0.15) is 0 Å². The number of amides is 2. The first-order valence-electron chi connectivity index (χ1n) is 17.7. The van der Waals surface area contributed by atoms with Gasteiger partial charge < -0.3 is 40.4 Å². The van der Waals surface area contributed by atoms with Crippen LogP contribution in [-0.2, 0) is 16.0 Å². The highest BCUT2D eigenvalue weighted by Gasteiger charge is 2.36. The average molecular weight is 757 g/mol. The number of hydrogen-bond acceptors (Lipinski definition) is 9. The molecule has 2 aromatic heterocycles. The van der Waals surface area contributed by atoms with E-state index in [9.17, 15) is 27.2 Å². The Morgan fingerprint density at radius 2 is 1.85 bits per heavy atom. The van der Waals surface area contributed by atoms with Crippen LogP contribution in [-0.4, -0.2) is 96.1 Å². The molecule has 1 atom stereocenters. The Morgan fingerprint density at radius 1 is 1.13 bits per heavy atom. The SMILES string of the molecule is CCc1cc(Nc2nccn3c(-c4ccc(OC(F)F)c(F)c4F)cnc23)ccc1C(=O)N[C@@H](C)CNC(=O)C1CC[N+](C)(CC2CNC2)CC1.O=C[O-]. The Balaban J connectivity index is 0.00000181. The summed E-state index contributed by atoms with van der Waals surface area (Å²) in [6, 6.07) is 7.03. The molecule has 0 spiro atoms. The van der Waals surface area contributed by atoms with Gasteiger partial charge in [0.25, 0.3) is 5.91 Å². The molecule has 54 heavy (non-hydrogen) atoms. The van der Waals surface area contributed by atoms with Crippen LogP contribution < -0.4 is 31.1 Å². The molecule has 290 valence electrons. The van der Waals surface area contributed by atoms with Crippen LogP contribution in [0, 0.1) is 23.5 Å². The molecule has 0 radical (unpaired) electrons. The first-order chi connectivity index (χ1) is 25.9. The average Bonchev–Trinajstić information content (AvgIpc) is 3.56. The number of hydrogen-bond donors (Lipinski definition) is 4. The summed E-state index contributed by atoms with van der Waals surface area (Å²) in [5, 5.41) is 20.8. The third kappa shape index (κ3) is 9.43. The number of ether oxygens (including phenoxy) is 1. The van der Waals surface area contributed by atoms with Crippen LogP contribution in [0.2, 0.25) is 0 Å². The second-order valence-electron chi connectivity index (χ2n) is 13.8. The smallest absolute Gasteiger partial charge is 0.387 e. The lowest BCUT2D eigenvalue weighted by molar-refractivity contribution is -0.918. The Bertz CT molecular complexity index is 1950. The zero-order valence-electron chi connectivity index (χ0n) is 30.2. The van der Waals surface area contributed by atoms with Crippen molar-refractivity contribution in [3.63, 3.8) is 0 Å². The highest BCUT2D eigenvalue weighted by molar-refractivity contribution is 5.96. The summed E-state index contributed by atoms with van der Waals surface area (Å²) in [6.07, 6.45) is 6.57. The number of alkyl halides is 2. The van der Waals surface area contributed by atoms with Gasteiger partial charge in [-0.05, 0) is 49.2 Å². The number of anilines is 2.